The van der Waals surface area contributed by atoms with Gasteiger partial charge in [-0.1, -0.05) is 26.0 Å². The molecule has 3 saturated carbocycles. The van der Waals surface area contributed by atoms with E-state index in [2.05, 4.69) is 20.8 Å². The summed E-state index contributed by atoms with van der Waals surface area (Å²) in [5.74, 6) is 0.401. The van der Waals surface area contributed by atoms with Crippen LogP contribution < -0.4 is 4.74 Å². The summed E-state index contributed by atoms with van der Waals surface area (Å²) in [6.45, 7) is 12.0. The lowest BCUT2D eigenvalue weighted by Gasteiger charge is -2.64. The fraction of sp³-hybridized carbons (Fsp3) is 0.704. The highest BCUT2D eigenvalue weighted by atomic mass is 35.5. The van der Waals surface area contributed by atoms with Crippen LogP contribution in [0, 0.1) is 17.3 Å². The van der Waals surface area contributed by atoms with Gasteiger partial charge in [-0.2, -0.15) is 0 Å². The summed E-state index contributed by atoms with van der Waals surface area (Å²) >= 11 is 6.90. The van der Waals surface area contributed by atoms with Crippen molar-refractivity contribution in [2.75, 3.05) is 14.2 Å². The molecular formula is C27H38BClO8. The van der Waals surface area contributed by atoms with Gasteiger partial charge in [0.2, 0.25) is 0 Å². The second-order valence-corrected chi connectivity index (χ2v) is 12.7. The normalized spacial score (nSPS) is 28.7. The Balaban J connectivity index is 1.61. The van der Waals surface area contributed by atoms with Crippen LogP contribution in [0.5, 0.6) is 5.75 Å². The van der Waals surface area contributed by atoms with E-state index in [-0.39, 0.29) is 35.9 Å². The number of hydrogen-bond donors (Lipinski definition) is 0. The molecule has 0 radical (unpaired) electrons. The van der Waals surface area contributed by atoms with Crippen LogP contribution in [0.3, 0.4) is 0 Å². The third-order valence-electron chi connectivity index (χ3n) is 8.27. The number of carbonyl (C=O) groups is 2. The number of benzene rings is 1. The number of methoxy groups -OCH3 is 2. The first-order valence-electron chi connectivity index (χ1n) is 12.8. The van der Waals surface area contributed by atoms with E-state index in [9.17, 15) is 9.59 Å². The largest absolute Gasteiger partial charge is 0.514 e. The maximum absolute atomic E-state index is 12.8. The quantitative estimate of drug-likeness (QED) is 0.199. The molecule has 1 saturated heterocycles. The molecule has 3 aliphatic carbocycles. The van der Waals surface area contributed by atoms with Crippen LogP contribution in [-0.4, -0.2) is 56.0 Å². The summed E-state index contributed by atoms with van der Waals surface area (Å²) < 4.78 is 34.1. The molecule has 2 bridgehead atoms. The van der Waals surface area contributed by atoms with Crippen molar-refractivity contribution in [3.63, 3.8) is 0 Å². The van der Waals surface area contributed by atoms with Crippen LogP contribution >= 0.6 is 11.6 Å². The first kappa shape index (κ1) is 28.2. The molecule has 10 heteroatoms. The summed E-state index contributed by atoms with van der Waals surface area (Å²) in [6, 6.07) is 3.50. The van der Waals surface area contributed by atoms with E-state index in [0.29, 0.717) is 23.0 Å². The van der Waals surface area contributed by atoms with Gasteiger partial charge in [-0.15, -0.1) is 11.6 Å². The molecule has 5 atom stereocenters. The van der Waals surface area contributed by atoms with Crippen molar-refractivity contribution in [3.05, 3.63) is 28.8 Å². The fourth-order valence-corrected chi connectivity index (χ4v) is 6.54. The predicted octanol–water partition coefficient (Wildman–Crippen LogP) is 5.35. The first-order chi connectivity index (χ1) is 17.2. The summed E-state index contributed by atoms with van der Waals surface area (Å²) in [7, 11) is 2.14. The molecule has 4 aliphatic rings. The second kappa shape index (κ2) is 10.1. The van der Waals surface area contributed by atoms with Crippen LogP contribution in [-0.2, 0) is 36.5 Å². The van der Waals surface area contributed by atoms with Gasteiger partial charge in [-0.3, -0.25) is 0 Å². The highest BCUT2D eigenvalue weighted by Gasteiger charge is 2.68. The van der Waals surface area contributed by atoms with Crippen molar-refractivity contribution < 1.29 is 37.8 Å². The number of halogens is 1. The van der Waals surface area contributed by atoms with E-state index in [4.69, 9.17) is 39.9 Å². The first-order valence-corrected chi connectivity index (χ1v) is 13.2. The lowest BCUT2D eigenvalue weighted by Crippen LogP contribution is -2.65. The predicted molar refractivity (Wildman–Crippen MR) is 139 cm³/mol. The molecule has 204 valence electrons. The maximum atomic E-state index is 12.8. The minimum atomic E-state index is -0.937. The highest BCUT2D eigenvalue weighted by Crippen LogP contribution is 2.65. The van der Waals surface area contributed by atoms with Crippen LogP contribution in [0.25, 0.3) is 0 Å². The average Bonchev–Trinajstić information content (AvgIpc) is 3.16. The zero-order chi connectivity index (χ0) is 27.3. The molecular weight excluding hydrogens is 499 g/mol. The zero-order valence-corrected chi connectivity index (χ0v) is 23.8. The minimum absolute atomic E-state index is 0.0114. The van der Waals surface area contributed by atoms with E-state index in [1.165, 1.54) is 14.2 Å². The van der Waals surface area contributed by atoms with Gasteiger partial charge < -0.3 is 28.3 Å². The van der Waals surface area contributed by atoms with Gasteiger partial charge in [0.05, 0.1) is 30.7 Å². The van der Waals surface area contributed by atoms with Gasteiger partial charge in [0.15, 0.2) is 5.75 Å². The lowest BCUT2D eigenvalue weighted by atomic mass is 9.43. The molecule has 37 heavy (non-hydrogen) atoms. The summed E-state index contributed by atoms with van der Waals surface area (Å²) in [5, 5.41) is -0.595. The Bertz CT molecular complexity index is 1050. The second-order valence-electron chi connectivity index (χ2n) is 12.1. The van der Waals surface area contributed by atoms with Gasteiger partial charge in [0, 0.05) is 7.11 Å². The van der Waals surface area contributed by atoms with Crippen LogP contribution in [0.15, 0.2) is 12.1 Å². The maximum Gasteiger partial charge on any atom is 0.514 e. The number of rotatable bonds is 7. The molecule has 5 rings (SSSR count). The lowest BCUT2D eigenvalue weighted by molar-refractivity contribution is -0.199. The molecule has 1 aromatic carbocycles. The molecule has 1 heterocycles. The van der Waals surface area contributed by atoms with Crippen molar-refractivity contribution in [2.45, 2.75) is 90.0 Å². The summed E-state index contributed by atoms with van der Waals surface area (Å²) in [6.07, 6.45) is 1.37. The van der Waals surface area contributed by atoms with E-state index >= 15 is 0 Å². The van der Waals surface area contributed by atoms with Gasteiger partial charge in [-0.05, 0) is 75.3 Å². The van der Waals surface area contributed by atoms with Gasteiger partial charge in [0.25, 0.3) is 0 Å². The Labute approximate surface area is 224 Å². The topological polar surface area (TPSA) is 89.5 Å². The van der Waals surface area contributed by atoms with Crippen molar-refractivity contribution >= 4 is 30.8 Å². The van der Waals surface area contributed by atoms with Crippen molar-refractivity contribution in [3.8, 4) is 5.75 Å². The third-order valence-corrected chi connectivity index (χ3v) is 8.63. The molecule has 0 aromatic heterocycles. The van der Waals surface area contributed by atoms with Crippen LogP contribution in [0.2, 0.25) is 0 Å². The third kappa shape index (κ3) is 5.25. The Hall–Kier alpha value is -1.81. The van der Waals surface area contributed by atoms with E-state index in [1.54, 1.807) is 32.9 Å². The van der Waals surface area contributed by atoms with Crippen molar-refractivity contribution in [1.29, 1.82) is 0 Å². The summed E-state index contributed by atoms with van der Waals surface area (Å²) in [4.78, 5) is 25.5. The minimum Gasteiger partial charge on any atom is -0.465 e. The van der Waals surface area contributed by atoms with E-state index in [0.717, 1.165) is 12.8 Å². The SMILES string of the molecule is COCc1ccc(C[C@@H](Cl)B2OC3CC4CC(C4(C)C)[C@]3(C)O2)c(OC(=O)OC(C)(C)C)c1C(=O)OC. The number of ether oxygens (including phenoxy) is 4. The highest BCUT2D eigenvalue weighted by molar-refractivity contribution is 6.60. The number of esters is 1. The standard InChI is InChI=1S/C27H38BClO8/c1-25(2,3)35-24(31)34-22-15(9-10-16(14-32-7)21(22)23(30)33-8)11-20(29)28-36-19-13-17-12-18(26(17,4)5)27(19,6)37-28/h9-10,17-20H,11-14H2,1-8H3/t17?,18?,19?,20-,27+/m1/s1. The molecule has 0 amide bonds. The Morgan fingerprint density at radius 1 is 1.16 bits per heavy atom. The fourth-order valence-electron chi connectivity index (χ4n) is 6.26. The molecule has 8 nitrogen and oxygen atoms in total. The van der Waals surface area contributed by atoms with Gasteiger partial charge >= 0.3 is 19.2 Å². The van der Waals surface area contributed by atoms with Crippen LogP contribution in [0.1, 0.15) is 75.9 Å². The van der Waals surface area contributed by atoms with Gasteiger partial charge in [0.1, 0.15) is 11.2 Å². The number of hydrogen-bond acceptors (Lipinski definition) is 8. The monoisotopic (exact) mass is 536 g/mol. The summed E-state index contributed by atoms with van der Waals surface area (Å²) in [5.41, 5.74) is 0.165. The molecule has 1 aliphatic heterocycles. The van der Waals surface area contributed by atoms with Gasteiger partial charge in [-0.25, -0.2) is 9.59 Å². The average molecular weight is 537 g/mol. The molecule has 0 spiro atoms. The number of alkyl halides is 1. The Morgan fingerprint density at radius 3 is 2.43 bits per heavy atom. The molecule has 0 N–H and O–H groups in total. The Kier molecular flexibility index (Phi) is 7.67. The molecule has 3 unspecified atom stereocenters. The smallest absolute Gasteiger partial charge is 0.465 e. The van der Waals surface area contributed by atoms with Crippen LogP contribution in [0.4, 0.5) is 4.79 Å². The molecule has 4 fully saturated rings. The van der Waals surface area contributed by atoms with E-state index in [1.807, 2.05) is 0 Å². The molecule has 1 aromatic rings. The van der Waals surface area contributed by atoms with Crippen molar-refractivity contribution in [2.24, 2.45) is 17.3 Å². The Morgan fingerprint density at radius 2 is 1.84 bits per heavy atom. The zero-order valence-electron chi connectivity index (χ0n) is 23.0. The van der Waals surface area contributed by atoms with E-state index < -0.39 is 35.7 Å². The van der Waals surface area contributed by atoms with Crippen molar-refractivity contribution in [1.82, 2.24) is 0 Å². The number of carbonyl (C=O) groups excluding carboxylic acids is 2.